The SMILES string of the molecule is CCNC(=O)C(C)N(Cc1ccccc1F)C(=O)CN(c1ccc(F)cc1)S(=O)(=O)c1ccccc1. The highest BCUT2D eigenvalue weighted by Gasteiger charge is 2.32. The van der Waals surface area contributed by atoms with Crippen molar-refractivity contribution in [1.29, 1.82) is 0 Å². The molecule has 2 amide bonds. The van der Waals surface area contributed by atoms with Crippen molar-refractivity contribution in [1.82, 2.24) is 10.2 Å². The summed E-state index contributed by atoms with van der Waals surface area (Å²) in [7, 11) is -4.24. The second-order valence-electron chi connectivity index (χ2n) is 7.98. The normalized spacial score (nSPS) is 12.0. The van der Waals surface area contributed by atoms with E-state index in [2.05, 4.69) is 5.32 Å². The molecule has 1 atom stereocenters. The number of carbonyl (C=O) groups excluding carboxylic acids is 2. The lowest BCUT2D eigenvalue weighted by Gasteiger charge is -2.32. The fraction of sp³-hybridized carbons (Fsp3) is 0.231. The number of amides is 2. The number of carbonyl (C=O) groups is 2. The third-order valence-corrected chi connectivity index (χ3v) is 7.33. The Morgan fingerprint density at radius 1 is 0.917 bits per heavy atom. The topological polar surface area (TPSA) is 86.8 Å². The molecule has 0 aromatic heterocycles. The summed E-state index contributed by atoms with van der Waals surface area (Å²) in [5, 5.41) is 2.63. The molecule has 1 unspecified atom stereocenters. The van der Waals surface area contributed by atoms with E-state index >= 15 is 0 Å². The van der Waals surface area contributed by atoms with Crippen molar-refractivity contribution in [2.45, 2.75) is 31.3 Å². The maximum Gasteiger partial charge on any atom is 0.264 e. The fourth-order valence-corrected chi connectivity index (χ4v) is 5.01. The van der Waals surface area contributed by atoms with Crippen LogP contribution >= 0.6 is 0 Å². The third-order valence-electron chi connectivity index (χ3n) is 5.54. The number of anilines is 1. The van der Waals surface area contributed by atoms with Crippen molar-refractivity contribution in [3.8, 4) is 0 Å². The summed E-state index contributed by atoms with van der Waals surface area (Å²) >= 11 is 0. The summed E-state index contributed by atoms with van der Waals surface area (Å²) in [4.78, 5) is 27.2. The van der Waals surface area contributed by atoms with Crippen LogP contribution in [0, 0.1) is 11.6 Å². The largest absolute Gasteiger partial charge is 0.355 e. The minimum atomic E-state index is -4.24. The number of sulfonamides is 1. The molecule has 0 aliphatic heterocycles. The van der Waals surface area contributed by atoms with Crippen molar-refractivity contribution < 1.29 is 26.8 Å². The first-order chi connectivity index (χ1) is 17.1. The van der Waals surface area contributed by atoms with Gasteiger partial charge in [-0.1, -0.05) is 36.4 Å². The molecule has 0 radical (unpaired) electrons. The van der Waals surface area contributed by atoms with Crippen LogP contribution in [0.25, 0.3) is 0 Å². The molecule has 0 aliphatic carbocycles. The van der Waals surface area contributed by atoms with Gasteiger partial charge in [-0.3, -0.25) is 13.9 Å². The molecular weight excluding hydrogens is 488 g/mol. The lowest BCUT2D eigenvalue weighted by molar-refractivity contribution is -0.139. The van der Waals surface area contributed by atoms with Gasteiger partial charge in [0, 0.05) is 18.7 Å². The predicted octanol–water partition coefficient (Wildman–Crippen LogP) is 3.71. The molecule has 3 aromatic rings. The van der Waals surface area contributed by atoms with E-state index in [-0.39, 0.29) is 22.7 Å². The first-order valence-electron chi connectivity index (χ1n) is 11.3. The van der Waals surface area contributed by atoms with Gasteiger partial charge in [-0.15, -0.1) is 0 Å². The molecule has 10 heteroatoms. The van der Waals surface area contributed by atoms with Gasteiger partial charge in [0.2, 0.25) is 11.8 Å². The Bertz CT molecular complexity index is 1300. The van der Waals surface area contributed by atoms with E-state index in [1.165, 1.54) is 49.4 Å². The van der Waals surface area contributed by atoms with Gasteiger partial charge in [0.1, 0.15) is 24.2 Å². The number of halogens is 2. The number of nitrogens with one attached hydrogen (secondary N) is 1. The van der Waals surface area contributed by atoms with Crippen molar-refractivity contribution in [2.24, 2.45) is 0 Å². The summed E-state index contributed by atoms with van der Waals surface area (Å²) in [6, 6.07) is 17.0. The van der Waals surface area contributed by atoms with Crippen LogP contribution in [0.5, 0.6) is 0 Å². The summed E-state index contributed by atoms with van der Waals surface area (Å²) in [6.45, 7) is 2.57. The molecule has 0 aliphatic rings. The first kappa shape index (κ1) is 26.8. The molecule has 0 saturated heterocycles. The van der Waals surface area contributed by atoms with Crippen LogP contribution in [-0.4, -0.2) is 44.3 Å². The molecule has 0 fully saturated rings. The van der Waals surface area contributed by atoms with Crippen molar-refractivity contribution >= 4 is 27.5 Å². The minimum Gasteiger partial charge on any atom is -0.355 e. The van der Waals surface area contributed by atoms with E-state index in [1.807, 2.05) is 0 Å². The van der Waals surface area contributed by atoms with Crippen LogP contribution in [-0.2, 0) is 26.2 Å². The van der Waals surface area contributed by atoms with Gasteiger partial charge < -0.3 is 10.2 Å². The zero-order valence-electron chi connectivity index (χ0n) is 19.9. The zero-order chi connectivity index (χ0) is 26.3. The quantitative estimate of drug-likeness (QED) is 0.446. The Hall–Kier alpha value is -3.79. The zero-order valence-corrected chi connectivity index (χ0v) is 20.7. The molecule has 1 N–H and O–H groups in total. The highest BCUT2D eigenvalue weighted by molar-refractivity contribution is 7.92. The maximum atomic E-state index is 14.4. The standard InChI is InChI=1S/C26H27F2N3O4S/c1-3-29-26(33)19(2)30(17-20-9-7-8-12-24(20)28)25(32)18-31(22-15-13-21(27)14-16-22)36(34,35)23-10-5-4-6-11-23/h4-16,19H,3,17-18H2,1-2H3,(H,29,33). The number of rotatable bonds is 10. The smallest absolute Gasteiger partial charge is 0.264 e. The van der Waals surface area contributed by atoms with Crippen LogP contribution in [0.2, 0.25) is 0 Å². The van der Waals surface area contributed by atoms with E-state index < -0.39 is 46.1 Å². The van der Waals surface area contributed by atoms with Crippen LogP contribution in [0.1, 0.15) is 19.4 Å². The molecule has 0 saturated carbocycles. The summed E-state index contributed by atoms with van der Waals surface area (Å²) in [6.07, 6.45) is 0. The number of hydrogen-bond acceptors (Lipinski definition) is 4. The van der Waals surface area contributed by atoms with Gasteiger partial charge >= 0.3 is 0 Å². The minimum absolute atomic E-state index is 0.0603. The van der Waals surface area contributed by atoms with E-state index in [4.69, 9.17) is 0 Å². The van der Waals surface area contributed by atoms with Crippen molar-refractivity contribution in [3.05, 3.63) is 96.1 Å². The van der Waals surface area contributed by atoms with Crippen LogP contribution in [0.15, 0.2) is 83.8 Å². The van der Waals surface area contributed by atoms with Gasteiger partial charge in [-0.2, -0.15) is 0 Å². The third kappa shape index (κ3) is 6.25. The van der Waals surface area contributed by atoms with E-state index in [1.54, 1.807) is 31.2 Å². The van der Waals surface area contributed by atoms with E-state index in [0.717, 1.165) is 21.3 Å². The number of hydrogen-bond donors (Lipinski definition) is 1. The molecule has 7 nitrogen and oxygen atoms in total. The molecular formula is C26H27F2N3O4S. The van der Waals surface area contributed by atoms with Crippen LogP contribution in [0.4, 0.5) is 14.5 Å². The Morgan fingerprint density at radius 3 is 2.14 bits per heavy atom. The highest BCUT2D eigenvalue weighted by atomic mass is 32.2. The van der Waals surface area contributed by atoms with Gasteiger partial charge in [-0.05, 0) is 56.3 Å². The highest BCUT2D eigenvalue weighted by Crippen LogP contribution is 2.25. The second kappa shape index (κ2) is 11.8. The second-order valence-corrected chi connectivity index (χ2v) is 9.85. The Labute approximate surface area is 209 Å². The molecule has 3 rings (SSSR count). The van der Waals surface area contributed by atoms with Crippen molar-refractivity contribution in [2.75, 3.05) is 17.4 Å². The molecule has 3 aromatic carbocycles. The van der Waals surface area contributed by atoms with Gasteiger partial charge in [0.15, 0.2) is 0 Å². The number of nitrogens with zero attached hydrogens (tertiary/aromatic N) is 2. The molecule has 36 heavy (non-hydrogen) atoms. The lowest BCUT2D eigenvalue weighted by Crippen LogP contribution is -2.51. The predicted molar refractivity (Wildman–Crippen MR) is 132 cm³/mol. The number of benzene rings is 3. The Morgan fingerprint density at radius 2 is 1.53 bits per heavy atom. The average Bonchev–Trinajstić information content (AvgIpc) is 2.87. The molecule has 0 bridgehead atoms. The Balaban J connectivity index is 2.02. The average molecular weight is 516 g/mol. The molecule has 0 spiro atoms. The number of likely N-dealkylation sites (N-methyl/N-ethyl adjacent to an activating group) is 1. The lowest BCUT2D eigenvalue weighted by atomic mass is 10.1. The summed E-state index contributed by atoms with van der Waals surface area (Å²) in [5.74, 6) is -2.35. The summed E-state index contributed by atoms with van der Waals surface area (Å²) < 4.78 is 55.9. The maximum absolute atomic E-state index is 14.4. The van der Waals surface area contributed by atoms with Gasteiger partial charge in [-0.25, -0.2) is 17.2 Å². The van der Waals surface area contributed by atoms with Crippen LogP contribution in [0.3, 0.4) is 0 Å². The van der Waals surface area contributed by atoms with Crippen LogP contribution < -0.4 is 9.62 Å². The van der Waals surface area contributed by atoms with E-state index in [0.29, 0.717) is 6.54 Å². The van der Waals surface area contributed by atoms with Crippen molar-refractivity contribution in [3.63, 3.8) is 0 Å². The molecule has 0 heterocycles. The summed E-state index contributed by atoms with van der Waals surface area (Å²) in [5.41, 5.74) is 0.228. The molecule has 190 valence electrons. The van der Waals surface area contributed by atoms with Gasteiger partial charge in [0.25, 0.3) is 10.0 Å². The fourth-order valence-electron chi connectivity index (χ4n) is 3.57. The Kier molecular flexibility index (Phi) is 8.76. The monoisotopic (exact) mass is 515 g/mol. The first-order valence-corrected chi connectivity index (χ1v) is 12.7. The van der Waals surface area contributed by atoms with E-state index in [9.17, 15) is 26.8 Å². The van der Waals surface area contributed by atoms with Gasteiger partial charge in [0.05, 0.1) is 10.6 Å².